The molecular formula is C29H20ClF6N5O3. The van der Waals surface area contributed by atoms with E-state index < -0.39 is 41.4 Å². The van der Waals surface area contributed by atoms with E-state index in [0.29, 0.717) is 17.7 Å². The molecule has 15 heteroatoms. The molecule has 0 bridgehead atoms. The molecule has 0 aliphatic rings. The molecule has 0 aliphatic heterocycles. The Balaban J connectivity index is 1.72. The molecule has 3 heterocycles. The van der Waals surface area contributed by atoms with Crippen molar-refractivity contribution in [2.45, 2.75) is 38.3 Å². The minimum atomic E-state index is -5.06. The van der Waals surface area contributed by atoms with E-state index in [-0.39, 0.29) is 50.6 Å². The molecule has 0 radical (unpaired) electrons. The van der Waals surface area contributed by atoms with Crippen molar-refractivity contribution in [1.82, 2.24) is 25.1 Å². The van der Waals surface area contributed by atoms with Crippen LogP contribution in [0.15, 0.2) is 71.5 Å². The summed E-state index contributed by atoms with van der Waals surface area (Å²) in [7, 11) is 0. The molecule has 0 atom stereocenters. The normalized spacial score (nSPS) is 12.5. The number of halogens is 7. The average Bonchev–Trinajstić information content (AvgIpc) is 3.57. The van der Waals surface area contributed by atoms with Gasteiger partial charge in [0.2, 0.25) is 5.78 Å². The molecule has 0 aliphatic carbocycles. The molecule has 228 valence electrons. The first-order valence-corrected chi connectivity index (χ1v) is 13.1. The Bertz CT molecular complexity index is 1810. The lowest BCUT2D eigenvalue weighted by Gasteiger charge is -2.15. The maximum atomic E-state index is 13.8. The molecule has 5 rings (SSSR count). The first-order valence-electron chi connectivity index (χ1n) is 12.7. The maximum absolute atomic E-state index is 13.8. The van der Waals surface area contributed by atoms with E-state index >= 15 is 0 Å². The second-order valence-corrected chi connectivity index (χ2v) is 10.6. The van der Waals surface area contributed by atoms with Gasteiger partial charge in [0.15, 0.2) is 5.76 Å². The van der Waals surface area contributed by atoms with E-state index in [1.165, 1.54) is 44.4 Å². The Morgan fingerprint density at radius 2 is 1.61 bits per heavy atom. The van der Waals surface area contributed by atoms with Crippen LogP contribution in [0.5, 0.6) is 0 Å². The Kier molecular flexibility index (Phi) is 7.84. The number of ketones is 1. The summed E-state index contributed by atoms with van der Waals surface area (Å²) < 4.78 is 87.7. The van der Waals surface area contributed by atoms with Gasteiger partial charge in [0, 0.05) is 23.5 Å². The van der Waals surface area contributed by atoms with Crippen LogP contribution in [-0.2, 0) is 24.5 Å². The maximum Gasteiger partial charge on any atom is 0.416 e. The molecular weight excluding hydrogens is 616 g/mol. The number of benzene rings is 2. The topological polar surface area (TPSA) is 107 Å². The monoisotopic (exact) mass is 635 g/mol. The molecule has 0 fully saturated rings. The number of hydrogen-bond acceptors (Lipinski definition) is 7. The van der Waals surface area contributed by atoms with Crippen LogP contribution in [0.1, 0.15) is 52.2 Å². The molecule has 1 N–H and O–H groups in total. The van der Waals surface area contributed by atoms with Gasteiger partial charge in [0.1, 0.15) is 22.7 Å². The highest BCUT2D eigenvalue weighted by Crippen LogP contribution is 2.39. The fourth-order valence-electron chi connectivity index (χ4n) is 4.52. The highest BCUT2D eigenvalue weighted by Gasteiger charge is 2.38. The van der Waals surface area contributed by atoms with Crippen molar-refractivity contribution in [3.05, 3.63) is 106 Å². The zero-order chi connectivity index (χ0) is 32.0. The summed E-state index contributed by atoms with van der Waals surface area (Å²) >= 11 is 6.28. The van der Waals surface area contributed by atoms with E-state index in [1.807, 2.05) is 0 Å². The lowest BCUT2D eigenvalue weighted by atomic mass is 9.93. The lowest BCUT2D eigenvalue weighted by molar-refractivity contribution is -0.143. The van der Waals surface area contributed by atoms with Crippen LogP contribution in [0.4, 0.5) is 26.3 Å². The SMILES string of the molecule is CC(C)(O)c1onc(-c2nnn(Cc3cc(C(F)(F)F)cc(C(F)(F)F)c3)c2-c2cccnc2)c1C(=O)c1ccccc1Cl. The van der Waals surface area contributed by atoms with E-state index in [1.54, 1.807) is 18.2 Å². The van der Waals surface area contributed by atoms with E-state index in [9.17, 15) is 36.2 Å². The summed E-state index contributed by atoms with van der Waals surface area (Å²) in [5, 5.41) is 23.0. The molecule has 44 heavy (non-hydrogen) atoms. The van der Waals surface area contributed by atoms with Crippen LogP contribution in [0.25, 0.3) is 22.6 Å². The summed E-state index contributed by atoms with van der Waals surface area (Å²) in [6, 6.07) is 10.4. The zero-order valence-electron chi connectivity index (χ0n) is 22.7. The third kappa shape index (κ3) is 6.08. The smallest absolute Gasteiger partial charge is 0.382 e. The van der Waals surface area contributed by atoms with Crippen LogP contribution in [-0.4, -0.2) is 36.0 Å². The highest BCUT2D eigenvalue weighted by atomic mass is 35.5. The van der Waals surface area contributed by atoms with Crippen LogP contribution >= 0.6 is 11.6 Å². The van der Waals surface area contributed by atoms with E-state index in [4.69, 9.17) is 16.1 Å². The van der Waals surface area contributed by atoms with Gasteiger partial charge in [0.25, 0.3) is 0 Å². The minimum Gasteiger partial charge on any atom is -0.382 e. The Morgan fingerprint density at radius 1 is 0.955 bits per heavy atom. The van der Waals surface area contributed by atoms with Crippen LogP contribution in [0.3, 0.4) is 0 Å². The number of rotatable bonds is 7. The van der Waals surface area contributed by atoms with Crippen molar-refractivity contribution >= 4 is 17.4 Å². The summed E-state index contributed by atoms with van der Waals surface area (Å²) in [5.41, 5.74) is -5.24. The van der Waals surface area contributed by atoms with Crippen molar-refractivity contribution in [2.24, 2.45) is 0 Å². The van der Waals surface area contributed by atoms with Crippen molar-refractivity contribution in [1.29, 1.82) is 0 Å². The number of aromatic nitrogens is 5. The Morgan fingerprint density at radius 3 is 2.18 bits per heavy atom. The highest BCUT2D eigenvalue weighted by molar-refractivity contribution is 6.35. The molecule has 8 nitrogen and oxygen atoms in total. The summed E-state index contributed by atoms with van der Waals surface area (Å²) in [6.07, 6.45) is -7.32. The number of alkyl halides is 6. The first-order chi connectivity index (χ1) is 20.6. The van der Waals surface area contributed by atoms with Gasteiger partial charge in [-0.3, -0.25) is 9.78 Å². The Labute approximate surface area is 249 Å². The molecule has 0 amide bonds. The number of hydrogen-bond donors (Lipinski definition) is 1. The van der Waals surface area contributed by atoms with Gasteiger partial charge < -0.3 is 9.63 Å². The van der Waals surface area contributed by atoms with E-state index in [2.05, 4.69) is 20.5 Å². The van der Waals surface area contributed by atoms with Gasteiger partial charge in [-0.25, -0.2) is 4.68 Å². The second-order valence-electron chi connectivity index (χ2n) is 10.2. The van der Waals surface area contributed by atoms with Gasteiger partial charge in [-0.2, -0.15) is 26.3 Å². The first kappa shape index (κ1) is 30.9. The molecule has 0 unspecified atom stereocenters. The fraction of sp³-hybridized carbons (Fsp3) is 0.207. The van der Waals surface area contributed by atoms with Gasteiger partial charge in [-0.1, -0.05) is 34.1 Å². The number of carbonyl (C=O) groups excluding carboxylic acids is 1. The van der Waals surface area contributed by atoms with Crippen molar-refractivity contribution in [3.63, 3.8) is 0 Å². The van der Waals surface area contributed by atoms with Crippen LogP contribution < -0.4 is 0 Å². The van der Waals surface area contributed by atoms with Gasteiger partial charge in [-0.15, -0.1) is 5.10 Å². The summed E-state index contributed by atoms with van der Waals surface area (Å²) in [6.45, 7) is 2.12. The van der Waals surface area contributed by atoms with Crippen LogP contribution in [0.2, 0.25) is 5.02 Å². The van der Waals surface area contributed by atoms with E-state index in [0.717, 1.165) is 4.68 Å². The quantitative estimate of drug-likeness (QED) is 0.149. The average molecular weight is 636 g/mol. The lowest BCUT2D eigenvalue weighted by Crippen LogP contribution is -2.19. The number of carbonyl (C=O) groups is 1. The number of pyridine rings is 1. The fourth-order valence-corrected chi connectivity index (χ4v) is 4.74. The third-order valence-electron chi connectivity index (χ3n) is 6.47. The van der Waals surface area contributed by atoms with Crippen molar-refractivity contribution < 1.29 is 40.8 Å². The Hall–Kier alpha value is -4.56. The molecule has 3 aromatic heterocycles. The largest absolute Gasteiger partial charge is 0.416 e. The van der Waals surface area contributed by atoms with Gasteiger partial charge in [-0.05, 0) is 61.9 Å². The van der Waals surface area contributed by atoms with Gasteiger partial charge in [0.05, 0.1) is 28.3 Å². The van der Waals surface area contributed by atoms with Crippen LogP contribution in [0, 0.1) is 0 Å². The third-order valence-corrected chi connectivity index (χ3v) is 6.80. The number of aliphatic hydroxyl groups is 1. The summed E-state index contributed by atoms with van der Waals surface area (Å²) in [5.74, 6) is -0.930. The van der Waals surface area contributed by atoms with Gasteiger partial charge >= 0.3 is 12.4 Å². The molecule has 5 aromatic rings. The van der Waals surface area contributed by atoms with Crippen molar-refractivity contribution in [2.75, 3.05) is 0 Å². The zero-order valence-corrected chi connectivity index (χ0v) is 23.5. The summed E-state index contributed by atoms with van der Waals surface area (Å²) in [4.78, 5) is 17.9. The molecule has 0 saturated carbocycles. The minimum absolute atomic E-state index is 0.0262. The molecule has 0 saturated heterocycles. The molecule has 0 spiro atoms. The second kappa shape index (κ2) is 11.2. The predicted molar refractivity (Wildman–Crippen MR) is 144 cm³/mol. The van der Waals surface area contributed by atoms with Crippen molar-refractivity contribution in [3.8, 4) is 22.6 Å². The predicted octanol–water partition coefficient (Wildman–Crippen LogP) is 7.19. The number of nitrogens with zero attached hydrogens (tertiary/aromatic N) is 5. The molecule has 2 aromatic carbocycles. The standard InChI is InChI=1S/C29H20ClF6N5O3/c1-27(2,43)26-21(25(42)19-7-3-4-8-20(19)30)22(39-44-26)23-24(16-6-5-9-37-13-16)41(40-38-23)14-15-10-17(28(31,32)33)12-18(11-15)29(34,35)36/h3-13,43H,14H2,1-2H3.